The van der Waals surface area contributed by atoms with Gasteiger partial charge in [0, 0.05) is 16.6 Å². The van der Waals surface area contributed by atoms with Crippen LogP contribution in [0.1, 0.15) is 16.1 Å². The van der Waals surface area contributed by atoms with E-state index in [1.54, 1.807) is 11.3 Å². The molecule has 0 saturated carbocycles. The summed E-state index contributed by atoms with van der Waals surface area (Å²) in [6.45, 7) is 1.96. The van der Waals surface area contributed by atoms with Crippen molar-refractivity contribution in [2.45, 2.75) is 11.3 Å². The molecule has 2 aromatic carbocycles. The molecule has 0 spiro atoms. The minimum Gasteiger partial charge on any atom is -0.293 e. The van der Waals surface area contributed by atoms with Gasteiger partial charge in [0.2, 0.25) is 0 Å². The highest BCUT2D eigenvalue weighted by Crippen LogP contribution is 2.24. The molecule has 0 N–H and O–H groups in total. The molecule has 0 unspecified atom stereocenters. The molecule has 0 aliphatic heterocycles. The predicted molar refractivity (Wildman–Crippen MR) is 85.9 cm³/mol. The number of fused-ring (bicyclic) bond motifs is 1. The maximum atomic E-state index is 12.2. The summed E-state index contributed by atoms with van der Waals surface area (Å²) in [4.78, 5) is 16.6. The molecular formula is C16H13NOS2. The molecule has 0 atom stereocenters. The third-order valence-electron chi connectivity index (χ3n) is 3.00. The lowest BCUT2D eigenvalue weighted by Crippen LogP contribution is -2.02. The van der Waals surface area contributed by atoms with Crippen molar-refractivity contribution >= 4 is 39.7 Å². The number of thiazole rings is 1. The summed E-state index contributed by atoms with van der Waals surface area (Å²) in [5.74, 6) is 0.583. The lowest BCUT2D eigenvalue weighted by molar-refractivity contribution is 0.102. The van der Waals surface area contributed by atoms with E-state index in [0.717, 1.165) is 26.4 Å². The summed E-state index contributed by atoms with van der Waals surface area (Å²) < 4.78 is 0.955. The minimum absolute atomic E-state index is 0.147. The molecule has 1 aromatic heterocycles. The van der Waals surface area contributed by atoms with Gasteiger partial charge in [-0.05, 0) is 23.8 Å². The first kappa shape index (κ1) is 13.3. The molecule has 1 heterocycles. The molecule has 0 saturated heterocycles. The van der Waals surface area contributed by atoms with Gasteiger partial charge in [0.05, 0.1) is 5.75 Å². The molecule has 2 nitrogen and oxygen atoms in total. The van der Waals surface area contributed by atoms with Crippen molar-refractivity contribution < 1.29 is 4.79 Å². The highest BCUT2D eigenvalue weighted by Gasteiger charge is 2.09. The maximum Gasteiger partial charge on any atom is 0.173 e. The molecule has 3 rings (SSSR count). The number of thioether (sulfide) groups is 1. The van der Waals surface area contributed by atoms with Crippen molar-refractivity contribution in [1.29, 1.82) is 0 Å². The second-order valence-electron chi connectivity index (χ2n) is 4.53. The van der Waals surface area contributed by atoms with Crippen molar-refractivity contribution in [3.8, 4) is 0 Å². The fraction of sp³-hybridized carbons (Fsp3) is 0.125. The van der Waals surface area contributed by atoms with Crippen LogP contribution < -0.4 is 0 Å². The average molecular weight is 299 g/mol. The Hall–Kier alpha value is -1.65. The topological polar surface area (TPSA) is 30.0 Å². The lowest BCUT2D eigenvalue weighted by atomic mass is 10.1. The number of aromatic nitrogens is 1. The molecule has 0 fully saturated rings. The van der Waals surface area contributed by atoms with E-state index in [9.17, 15) is 4.79 Å². The third-order valence-corrected chi connectivity index (χ3v) is 5.13. The second kappa shape index (κ2) is 5.77. The average Bonchev–Trinajstić information content (AvgIpc) is 2.90. The Labute approximate surface area is 125 Å². The van der Waals surface area contributed by atoms with E-state index in [4.69, 9.17) is 0 Å². The van der Waals surface area contributed by atoms with Crippen molar-refractivity contribution in [1.82, 2.24) is 4.98 Å². The van der Waals surface area contributed by atoms with Crippen molar-refractivity contribution in [3.05, 3.63) is 59.1 Å². The van der Waals surface area contributed by atoms with Gasteiger partial charge in [-0.15, -0.1) is 11.3 Å². The molecular weight excluding hydrogens is 286 g/mol. The van der Waals surface area contributed by atoms with Crippen LogP contribution in [0.15, 0.2) is 52.2 Å². The Kier molecular flexibility index (Phi) is 3.85. The fourth-order valence-electron chi connectivity index (χ4n) is 1.97. The number of benzene rings is 2. The number of nitrogens with zero attached hydrogens (tertiary/aromatic N) is 1. The van der Waals surface area contributed by atoms with E-state index in [0.29, 0.717) is 5.75 Å². The van der Waals surface area contributed by atoms with Crippen molar-refractivity contribution in [3.63, 3.8) is 0 Å². The van der Waals surface area contributed by atoms with E-state index in [-0.39, 0.29) is 5.78 Å². The van der Waals surface area contributed by atoms with E-state index in [2.05, 4.69) is 11.1 Å². The highest BCUT2D eigenvalue weighted by molar-refractivity contribution is 8.01. The summed E-state index contributed by atoms with van der Waals surface area (Å²) in [7, 11) is 0. The summed E-state index contributed by atoms with van der Waals surface area (Å²) in [6, 6.07) is 13.9. The summed E-state index contributed by atoms with van der Waals surface area (Å²) in [5, 5.41) is 4.27. The number of Topliss-reactive ketones (excluding diaryl/α,β-unsaturated/α-hetero) is 1. The molecule has 100 valence electrons. The monoisotopic (exact) mass is 299 g/mol. The van der Waals surface area contributed by atoms with Gasteiger partial charge < -0.3 is 0 Å². The number of ketones is 1. The van der Waals surface area contributed by atoms with Gasteiger partial charge >= 0.3 is 0 Å². The first-order chi connectivity index (χ1) is 9.72. The van der Waals surface area contributed by atoms with Crippen LogP contribution in [0.2, 0.25) is 0 Å². The number of aryl methyl sites for hydroxylation is 1. The molecule has 0 bridgehead atoms. The van der Waals surface area contributed by atoms with Crippen LogP contribution in [0.3, 0.4) is 0 Å². The van der Waals surface area contributed by atoms with E-state index < -0.39 is 0 Å². The van der Waals surface area contributed by atoms with Gasteiger partial charge in [-0.2, -0.15) is 0 Å². The SMILES string of the molecule is Cc1csc(SCC(=O)c2ccc3ccccc3c2)n1. The van der Waals surface area contributed by atoms with Crippen molar-refractivity contribution in [2.75, 3.05) is 5.75 Å². The highest BCUT2D eigenvalue weighted by atomic mass is 32.2. The van der Waals surface area contributed by atoms with E-state index >= 15 is 0 Å². The normalized spacial score (nSPS) is 10.8. The van der Waals surface area contributed by atoms with Crippen LogP contribution in [0.4, 0.5) is 0 Å². The van der Waals surface area contributed by atoms with Gasteiger partial charge in [-0.1, -0.05) is 48.2 Å². The van der Waals surface area contributed by atoms with Crippen LogP contribution in [0, 0.1) is 6.92 Å². The molecule has 3 aromatic rings. The molecule has 0 aliphatic carbocycles. The van der Waals surface area contributed by atoms with Crippen molar-refractivity contribution in [2.24, 2.45) is 0 Å². The third kappa shape index (κ3) is 2.92. The summed E-state index contributed by atoms with van der Waals surface area (Å²) in [6.07, 6.45) is 0. The number of carbonyl (C=O) groups excluding carboxylic acids is 1. The van der Waals surface area contributed by atoms with Gasteiger partial charge in [0.1, 0.15) is 0 Å². The molecule has 4 heteroatoms. The smallest absolute Gasteiger partial charge is 0.173 e. The number of hydrogen-bond donors (Lipinski definition) is 0. The number of carbonyl (C=O) groups is 1. The summed E-state index contributed by atoms with van der Waals surface area (Å²) >= 11 is 3.10. The van der Waals surface area contributed by atoms with Gasteiger partial charge in [0.15, 0.2) is 10.1 Å². The van der Waals surface area contributed by atoms with Crippen LogP contribution in [0.5, 0.6) is 0 Å². The Morgan fingerprint density at radius 2 is 2.00 bits per heavy atom. The van der Waals surface area contributed by atoms with Gasteiger partial charge in [-0.3, -0.25) is 4.79 Å². The Morgan fingerprint density at radius 1 is 1.20 bits per heavy atom. The van der Waals surface area contributed by atoms with Gasteiger partial charge in [-0.25, -0.2) is 4.98 Å². The standard InChI is InChI=1S/C16H13NOS2/c1-11-9-19-16(17-11)20-10-15(18)14-7-6-12-4-2-3-5-13(12)8-14/h2-9H,10H2,1H3. The largest absolute Gasteiger partial charge is 0.293 e. The summed E-state index contributed by atoms with van der Waals surface area (Å²) in [5.41, 5.74) is 1.78. The molecule has 0 aliphatic rings. The van der Waals surface area contributed by atoms with E-state index in [1.165, 1.54) is 11.8 Å². The first-order valence-electron chi connectivity index (χ1n) is 6.29. The number of hydrogen-bond acceptors (Lipinski definition) is 4. The Bertz CT molecular complexity index is 764. The Morgan fingerprint density at radius 3 is 2.75 bits per heavy atom. The zero-order valence-electron chi connectivity index (χ0n) is 11.0. The quantitative estimate of drug-likeness (QED) is 0.522. The predicted octanol–water partition coefficient (Wildman–Crippen LogP) is 4.58. The zero-order valence-corrected chi connectivity index (χ0v) is 12.6. The fourth-order valence-corrected chi connectivity index (χ4v) is 3.72. The van der Waals surface area contributed by atoms with Crippen LogP contribution in [0.25, 0.3) is 10.8 Å². The first-order valence-corrected chi connectivity index (χ1v) is 8.16. The molecule has 0 radical (unpaired) electrons. The minimum atomic E-state index is 0.147. The second-order valence-corrected chi connectivity index (χ2v) is 6.61. The van der Waals surface area contributed by atoms with E-state index in [1.807, 2.05) is 48.7 Å². The van der Waals surface area contributed by atoms with Crippen LogP contribution in [-0.4, -0.2) is 16.5 Å². The zero-order chi connectivity index (χ0) is 13.9. The lowest BCUT2D eigenvalue weighted by Gasteiger charge is -2.02. The maximum absolute atomic E-state index is 12.2. The molecule has 0 amide bonds. The van der Waals surface area contributed by atoms with Gasteiger partial charge in [0.25, 0.3) is 0 Å². The molecule has 20 heavy (non-hydrogen) atoms. The van der Waals surface area contributed by atoms with Crippen LogP contribution in [-0.2, 0) is 0 Å². The number of rotatable bonds is 4. The van der Waals surface area contributed by atoms with Crippen LogP contribution >= 0.6 is 23.1 Å². The Balaban J connectivity index is 1.75.